The Morgan fingerprint density at radius 2 is 1.81 bits per heavy atom. The van der Waals surface area contributed by atoms with E-state index < -0.39 is 0 Å². The lowest BCUT2D eigenvalue weighted by Crippen LogP contribution is -2.41. The lowest BCUT2D eigenvalue weighted by molar-refractivity contribution is 0.287. The molecule has 1 aromatic heterocycles. The normalized spacial score (nSPS) is 12.6. The molecule has 0 aliphatic carbocycles. The highest BCUT2D eigenvalue weighted by Gasteiger charge is 2.18. The second kappa shape index (κ2) is 11.9. The number of likely N-dealkylation sites (N-methyl/N-ethyl adjacent to an activating group) is 1. The van der Waals surface area contributed by atoms with Crippen LogP contribution in [-0.2, 0) is 13.1 Å². The van der Waals surface area contributed by atoms with E-state index in [1.54, 1.807) is 13.3 Å². The number of hydrogen-bond donors (Lipinski definition) is 2. The first-order chi connectivity index (χ1) is 15.6. The largest absolute Gasteiger partial charge is 0.496 e. The number of methoxy groups -OCH3 is 1. The number of nitrogens with zero attached hydrogens (tertiary/aromatic N) is 4. The van der Waals surface area contributed by atoms with E-state index in [1.807, 2.05) is 35.1 Å². The van der Waals surface area contributed by atoms with Gasteiger partial charge in [0.05, 0.1) is 26.2 Å². The van der Waals surface area contributed by atoms with E-state index in [2.05, 4.69) is 72.0 Å². The summed E-state index contributed by atoms with van der Waals surface area (Å²) < 4.78 is 7.52. The molecule has 32 heavy (non-hydrogen) atoms. The fraction of sp³-hybridized carbons (Fsp3) is 0.360. The standard InChI is InChI=1S/C25H34N6O/c1-5-26-25(28-18-23(30(2)3)22-13-8-9-14-24(22)32-4)27-17-20-11-6-7-12-21(20)19-31-16-10-15-29-31/h6-16,23H,5,17-19H2,1-4H3,(H2,26,27,28). The zero-order valence-corrected chi connectivity index (χ0v) is 19.5. The maximum absolute atomic E-state index is 5.58. The summed E-state index contributed by atoms with van der Waals surface area (Å²) >= 11 is 0. The molecule has 7 heteroatoms. The van der Waals surface area contributed by atoms with Gasteiger partial charge in [-0.25, -0.2) is 4.99 Å². The second-order valence-corrected chi connectivity index (χ2v) is 7.77. The molecular weight excluding hydrogens is 400 g/mol. The Balaban J connectivity index is 1.72. The molecule has 3 rings (SSSR count). The molecule has 1 heterocycles. The Morgan fingerprint density at radius 1 is 1.06 bits per heavy atom. The minimum atomic E-state index is 0.141. The van der Waals surface area contributed by atoms with Crippen molar-refractivity contribution in [3.63, 3.8) is 0 Å². The molecule has 0 aliphatic heterocycles. The van der Waals surface area contributed by atoms with Gasteiger partial charge in [0, 0.05) is 31.0 Å². The van der Waals surface area contributed by atoms with Gasteiger partial charge >= 0.3 is 0 Å². The molecule has 2 N–H and O–H groups in total. The zero-order chi connectivity index (χ0) is 22.8. The van der Waals surface area contributed by atoms with Crippen LogP contribution in [0.25, 0.3) is 0 Å². The van der Waals surface area contributed by atoms with Gasteiger partial charge in [-0.3, -0.25) is 4.68 Å². The number of guanidine groups is 1. The molecule has 0 aliphatic rings. The Labute approximate surface area is 191 Å². The van der Waals surface area contributed by atoms with E-state index in [1.165, 1.54) is 11.1 Å². The molecule has 1 unspecified atom stereocenters. The minimum Gasteiger partial charge on any atom is -0.496 e. The number of ether oxygens (including phenoxy) is 1. The zero-order valence-electron chi connectivity index (χ0n) is 19.5. The predicted molar refractivity (Wildman–Crippen MR) is 130 cm³/mol. The predicted octanol–water partition coefficient (Wildman–Crippen LogP) is 3.30. The summed E-state index contributed by atoms with van der Waals surface area (Å²) in [5.74, 6) is 1.69. The monoisotopic (exact) mass is 434 g/mol. The molecule has 0 saturated heterocycles. The molecule has 0 fully saturated rings. The van der Waals surface area contributed by atoms with E-state index in [4.69, 9.17) is 9.73 Å². The van der Waals surface area contributed by atoms with Crippen molar-refractivity contribution in [1.82, 2.24) is 25.3 Å². The summed E-state index contributed by atoms with van der Waals surface area (Å²) in [6.07, 6.45) is 3.78. The fourth-order valence-electron chi connectivity index (χ4n) is 3.65. The Morgan fingerprint density at radius 3 is 2.50 bits per heavy atom. The highest BCUT2D eigenvalue weighted by Crippen LogP contribution is 2.27. The number of nitrogens with one attached hydrogen (secondary N) is 2. The number of aromatic nitrogens is 2. The average Bonchev–Trinajstić information content (AvgIpc) is 3.31. The van der Waals surface area contributed by atoms with Gasteiger partial charge in [0.1, 0.15) is 5.75 Å². The van der Waals surface area contributed by atoms with Gasteiger partial charge in [-0.05, 0) is 44.3 Å². The molecule has 0 spiro atoms. The van der Waals surface area contributed by atoms with Crippen molar-refractivity contribution in [2.75, 3.05) is 34.3 Å². The molecule has 0 radical (unpaired) electrons. The summed E-state index contributed by atoms with van der Waals surface area (Å²) in [7, 11) is 5.87. The molecule has 2 aromatic carbocycles. The molecular formula is C25H34N6O. The number of para-hydroxylation sites is 1. The van der Waals surface area contributed by atoms with Crippen molar-refractivity contribution in [3.05, 3.63) is 83.7 Å². The van der Waals surface area contributed by atoms with Crippen molar-refractivity contribution in [1.29, 1.82) is 0 Å². The molecule has 170 valence electrons. The second-order valence-electron chi connectivity index (χ2n) is 7.77. The van der Waals surface area contributed by atoms with Gasteiger partial charge in [-0.2, -0.15) is 5.10 Å². The first-order valence-corrected chi connectivity index (χ1v) is 11.0. The van der Waals surface area contributed by atoms with Crippen LogP contribution in [0.3, 0.4) is 0 Å². The van der Waals surface area contributed by atoms with Gasteiger partial charge in [-0.15, -0.1) is 0 Å². The van der Waals surface area contributed by atoms with Crippen LogP contribution in [0.4, 0.5) is 0 Å². The number of hydrogen-bond acceptors (Lipinski definition) is 4. The smallest absolute Gasteiger partial charge is 0.191 e. The lowest BCUT2D eigenvalue weighted by Gasteiger charge is -2.27. The van der Waals surface area contributed by atoms with Crippen LogP contribution in [0, 0.1) is 0 Å². The van der Waals surface area contributed by atoms with E-state index in [0.717, 1.165) is 30.4 Å². The first-order valence-electron chi connectivity index (χ1n) is 11.0. The molecule has 0 amide bonds. The molecule has 3 aromatic rings. The van der Waals surface area contributed by atoms with Crippen molar-refractivity contribution in [3.8, 4) is 5.75 Å². The molecule has 7 nitrogen and oxygen atoms in total. The summed E-state index contributed by atoms with van der Waals surface area (Å²) in [6, 6.07) is 18.6. The SMILES string of the molecule is CCNC(=NCc1ccccc1Cn1cccn1)NCC(c1ccccc1OC)N(C)C. The third kappa shape index (κ3) is 6.34. The minimum absolute atomic E-state index is 0.141. The Kier molecular flexibility index (Phi) is 8.69. The number of benzene rings is 2. The van der Waals surface area contributed by atoms with Crippen LogP contribution in [0.2, 0.25) is 0 Å². The van der Waals surface area contributed by atoms with Crippen LogP contribution in [0.5, 0.6) is 5.75 Å². The Hall–Kier alpha value is -3.32. The third-order valence-electron chi connectivity index (χ3n) is 5.35. The van der Waals surface area contributed by atoms with E-state index in [0.29, 0.717) is 13.1 Å². The van der Waals surface area contributed by atoms with Crippen molar-refractivity contribution < 1.29 is 4.74 Å². The maximum Gasteiger partial charge on any atom is 0.191 e. The Bertz CT molecular complexity index is 984. The van der Waals surface area contributed by atoms with Crippen LogP contribution < -0.4 is 15.4 Å². The first kappa shape index (κ1) is 23.3. The highest BCUT2D eigenvalue weighted by molar-refractivity contribution is 5.79. The van der Waals surface area contributed by atoms with E-state index in [-0.39, 0.29) is 6.04 Å². The van der Waals surface area contributed by atoms with Gasteiger partial charge in [-0.1, -0.05) is 42.5 Å². The van der Waals surface area contributed by atoms with Crippen LogP contribution in [0.15, 0.2) is 72.0 Å². The van der Waals surface area contributed by atoms with Crippen LogP contribution in [-0.4, -0.2) is 54.9 Å². The number of rotatable bonds is 10. The van der Waals surface area contributed by atoms with Crippen molar-refractivity contribution in [2.45, 2.75) is 26.1 Å². The van der Waals surface area contributed by atoms with Gasteiger partial charge in [0.2, 0.25) is 0 Å². The van der Waals surface area contributed by atoms with E-state index >= 15 is 0 Å². The van der Waals surface area contributed by atoms with Crippen LogP contribution >= 0.6 is 0 Å². The molecule has 0 saturated carbocycles. The lowest BCUT2D eigenvalue weighted by atomic mass is 10.0. The fourth-order valence-corrected chi connectivity index (χ4v) is 3.65. The van der Waals surface area contributed by atoms with Crippen LogP contribution in [0.1, 0.15) is 29.7 Å². The van der Waals surface area contributed by atoms with Gasteiger partial charge in [0.15, 0.2) is 5.96 Å². The topological polar surface area (TPSA) is 66.7 Å². The summed E-state index contributed by atoms with van der Waals surface area (Å²) in [6.45, 7) is 4.90. The van der Waals surface area contributed by atoms with Gasteiger partial charge < -0.3 is 20.3 Å². The van der Waals surface area contributed by atoms with E-state index in [9.17, 15) is 0 Å². The highest BCUT2D eigenvalue weighted by atomic mass is 16.5. The average molecular weight is 435 g/mol. The summed E-state index contributed by atoms with van der Waals surface area (Å²) in [5, 5.41) is 11.2. The summed E-state index contributed by atoms with van der Waals surface area (Å²) in [4.78, 5) is 7.04. The molecule has 0 bridgehead atoms. The molecule has 1 atom stereocenters. The summed E-state index contributed by atoms with van der Waals surface area (Å²) in [5.41, 5.74) is 3.55. The van der Waals surface area contributed by atoms with Gasteiger partial charge in [0.25, 0.3) is 0 Å². The number of aliphatic imine (C=N–C) groups is 1. The van der Waals surface area contributed by atoms with Crippen molar-refractivity contribution >= 4 is 5.96 Å². The van der Waals surface area contributed by atoms with Crippen molar-refractivity contribution in [2.24, 2.45) is 4.99 Å². The maximum atomic E-state index is 5.58. The third-order valence-corrected chi connectivity index (χ3v) is 5.35. The quantitative estimate of drug-likeness (QED) is 0.379.